The number of hydrazone groups is 1. The molecule has 1 aliphatic rings. The molecule has 6 heteroatoms. The summed E-state index contributed by atoms with van der Waals surface area (Å²) in [6, 6.07) is 9.13. The molecule has 1 aromatic carbocycles. The minimum atomic E-state index is -0.354. The first-order valence-electron chi connectivity index (χ1n) is 6.98. The monoisotopic (exact) mass is 300 g/mol. The molecule has 6 nitrogen and oxygen atoms in total. The lowest BCUT2D eigenvalue weighted by Gasteiger charge is -2.04. The summed E-state index contributed by atoms with van der Waals surface area (Å²) in [5, 5.41) is 4.07. The number of carbonyl (C=O) groups is 1. The van der Waals surface area contributed by atoms with Crippen LogP contribution in [0.25, 0.3) is 0 Å². The molecule has 0 radical (unpaired) electrons. The topological polar surface area (TPSA) is 73.1 Å². The maximum absolute atomic E-state index is 11.7. The van der Waals surface area contributed by atoms with Crippen molar-refractivity contribution in [2.45, 2.75) is 19.8 Å². The number of nitrogens with zero attached hydrogens (tertiary/aromatic N) is 1. The van der Waals surface area contributed by atoms with E-state index < -0.39 is 0 Å². The normalized spacial score (nSPS) is 13.2. The van der Waals surface area contributed by atoms with E-state index in [1.54, 1.807) is 12.1 Å². The Bertz CT molecular complexity index is 692. The highest BCUT2D eigenvalue weighted by molar-refractivity contribution is 5.92. The van der Waals surface area contributed by atoms with Crippen LogP contribution in [0.2, 0.25) is 0 Å². The molecule has 0 saturated carbocycles. The highest BCUT2D eigenvalue weighted by atomic mass is 16.7. The van der Waals surface area contributed by atoms with Gasteiger partial charge in [-0.3, -0.25) is 4.79 Å². The van der Waals surface area contributed by atoms with Gasteiger partial charge in [0.1, 0.15) is 0 Å². The Hall–Kier alpha value is -2.76. The minimum absolute atomic E-state index is 0.243. The van der Waals surface area contributed by atoms with Crippen LogP contribution in [0.4, 0.5) is 0 Å². The molecule has 1 amide bonds. The summed E-state index contributed by atoms with van der Waals surface area (Å²) in [6.45, 7) is 2.15. The van der Waals surface area contributed by atoms with Crippen molar-refractivity contribution < 1.29 is 18.7 Å². The van der Waals surface area contributed by atoms with Crippen LogP contribution in [-0.4, -0.2) is 18.4 Å². The molecule has 0 aliphatic carbocycles. The van der Waals surface area contributed by atoms with Crippen LogP contribution < -0.4 is 14.9 Å². The molecule has 0 saturated heterocycles. The predicted molar refractivity (Wildman–Crippen MR) is 80.2 cm³/mol. The summed E-state index contributed by atoms with van der Waals surface area (Å²) < 4.78 is 15.6. The van der Waals surface area contributed by atoms with E-state index in [0.717, 1.165) is 35.6 Å². The van der Waals surface area contributed by atoms with Crippen LogP contribution in [0.1, 0.15) is 29.5 Å². The fraction of sp³-hybridized carbons (Fsp3) is 0.250. The van der Waals surface area contributed by atoms with Gasteiger partial charge in [-0.25, -0.2) is 5.43 Å². The highest BCUT2D eigenvalue weighted by Gasteiger charge is 2.13. The number of nitrogens with one attached hydrogen (secondary N) is 1. The zero-order chi connectivity index (χ0) is 15.4. The van der Waals surface area contributed by atoms with Gasteiger partial charge >= 0.3 is 5.91 Å². The Kier molecular flexibility index (Phi) is 4.09. The Morgan fingerprint density at radius 3 is 2.95 bits per heavy atom. The number of rotatable bonds is 5. The van der Waals surface area contributed by atoms with E-state index in [4.69, 9.17) is 13.9 Å². The van der Waals surface area contributed by atoms with Crippen molar-refractivity contribution in [3.63, 3.8) is 0 Å². The van der Waals surface area contributed by atoms with E-state index in [0.29, 0.717) is 0 Å². The van der Waals surface area contributed by atoms with Crippen LogP contribution in [-0.2, 0) is 6.42 Å². The number of amides is 1. The van der Waals surface area contributed by atoms with Gasteiger partial charge < -0.3 is 13.9 Å². The first-order chi connectivity index (χ1) is 10.7. The molecule has 1 aromatic heterocycles. The Morgan fingerprint density at radius 1 is 1.27 bits per heavy atom. The molecule has 22 heavy (non-hydrogen) atoms. The average molecular weight is 300 g/mol. The number of fused-ring (bicyclic) bond motifs is 1. The smallest absolute Gasteiger partial charge is 0.307 e. The maximum atomic E-state index is 11.7. The zero-order valence-electron chi connectivity index (χ0n) is 12.2. The Balaban J connectivity index is 1.52. The van der Waals surface area contributed by atoms with Crippen LogP contribution in [0.15, 0.2) is 46.1 Å². The molecule has 0 bridgehead atoms. The van der Waals surface area contributed by atoms with Crippen molar-refractivity contribution in [3.8, 4) is 11.5 Å². The van der Waals surface area contributed by atoms with Crippen LogP contribution in [0.3, 0.4) is 0 Å². The molecule has 1 N–H and O–H groups in total. The second kappa shape index (κ2) is 6.34. The third-order valence-corrected chi connectivity index (χ3v) is 3.31. The summed E-state index contributed by atoms with van der Waals surface area (Å²) >= 11 is 0. The van der Waals surface area contributed by atoms with Gasteiger partial charge in [0.15, 0.2) is 17.3 Å². The number of benzene rings is 1. The van der Waals surface area contributed by atoms with Crippen molar-refractivity contribution in [1.82, 2.24) is 5.43 Å². The summed E-state index contributed by atoms with van der Waals surface area (Å²) in [5.74, 6) is 1.44. The molecule has 0 fully saturated rings. The van der Waals surface area contributed by atoms with E-state index in [9.17, 15) is 4.79 Å². The van der Waals surface area contributed by atoms with Crippen molar-refractivity contribution in [3.05, 3.63) is 47.9 Å². The molecule has 2 aromatic rings. The van der Waals surface area contributed by atoms with Gasteiger partial charge in [-0.05, 0) is 49.6 Å². The third-order valence-electron chi connectivity index (χ3n) is 3.31. The van der Waals surface area contributed by atoms with E-state index in [1.807, 2.05) is 25.1 Å². The molecule has 2 heterocycles. The van der Waals surface area contributed by atoms with Crippen molar-refractivity contribution in [2.75, 3.05) is 6.79 Å². The Morgan fingerprint density at radius 2 is 2.14 bits per heavy atom. The summed E-state index contributed by atoms with van der Waals surface area (Å²) in [4.78, 5) is 11.7. The Labute approximate surface area is 127 Å². The highest BCUT2D eigenvalue weighted by Crippen LogP contribution is 2.32. The zero-order valence-corrected chi connectivity index (χ0v) is 12.2. The van der Waals surface area contributed by atoms with Gasteiger partial charge in [-0.2, -0.15) is 5.10 Å². The fourth-order valence-electron chi connectivity index (χ4n) is 2.09. The SMILES string of the molecule is C/C(CCc1ccc2c(c1)OCO2)=N\NC(=O)c1ccco1. The standard InChI is InChI=1S/C16H16N2O4/c1-11(17-18-16(19)14-3-2-8-20-14)4-5-12-6-7-13-15(9-12)22-10-21-13/h2-3,6-9H,4-5,10H2,1H3,(H,18,19)/b17-11+. The number of hydrogen-bond donors (Lipinski definition) is 1. The summed E-state index contributed by atoms with van der Waals surface area (Å²) in [7, 11) is 0. The fourth-order valence-corrected chi connectivity index (χ4v) is 2.09. The van der Waals surface area contributed by atoms with Gasteiger partial charge in [0.05, 0.1) is 6.26 Å². The van der Waals surface area contributed by atoms with Crippen LogP contribution in [0, 0.1) is 0 Å². The van der Waals surface area contributed by atoms with E-state index in [2.05, 4.69) is 10.5 Å². The van der Waals surface area contributed by atoms with Crippen LogP contribution in [0.5, 0.6) is 11.5 Å². The molecule has 0 unspecified atom stereocenters. The molecule has 0 atom stereocenters. The van der Waals surface area contributed by atoms with E-state index in [1.165, 1.54) is 6.26 Å². The van der Waals surface area contributed by atoms with Gasteiger partial charge in [-0.15, -0.1) is 0 Å². The third kappa shape index (κ3) is 3.28. The molecular weight excluding hydrogens is 284 g/mol. The lowest BCUT2D eigenvalue weighted by Crippen LogP contribution is -2.18. The molecule has 1 aliphatic heterocycles. The quantitative estimate of drug-likeness (QED) is 0.680. The van der Waals surface area contributed by atoms with Gasteiger partial charge in [0.2, 0.25) is 6.79 Å². The van der Waals surface area contributed by atoms with E-state index >= 15 is 0 Å². The number of carbonyl (C=O) groups excluding carboxylic acids is 1. The molecule has 0 spiro atoms. The molecular formula is C16H16N2O4. The number of aryl methyl sites for hydroxylation is 1. The van der Waals surface area contributed by atoms with Crippen molar-refractivity contribution in [2.24, 2.45) is 5.10 Å². The van der Waals surface area contributed by atoms with Crippen LogP contribution >= 0.6 is 0 Å². The summed E-state index contributed by atoms with van der Waals surface area (Å²) in [5.41, 5.74) is 4.44. The predicted octanol–water partition coefficient (Wildman–Crippen LogP) is 2.75. The number of furan rings is 1. The first-order valence-corrected chi connectivity index (χ1v) is 6.98. The lowest BCUT2D eigenvalue weighted by atomic mass is 10.1. The maximum Gasteiger partial charge on any atom is 0.307 e. The number of ether oxygens (including phenoxy) is 2. The van der Waals surface area contributed by atoms with Gasteiger partial charge in [0, 0.05) is 5.71 Å². The van der Waals surface area contributed by atoms with Gasteiger partial charge in [0.25, 0.3) is 0 Å². The first kappa shape index (κ1) is 14.2. The van der Waals surface area contributed by atoms with Gasteiger partial charge in [-0.1, -0.05) is 6.07 Å². The van der Waals surface area contributed by atoms with Crippen molar-refractivity contribution >= 4 is 11.6 Å². The van der Waals surface area contributed by atoms with E-state index in [-0.39, 0.29) is 18.5 Å². The second-order valence-corrected chi connectivity index (χ2v) is 4.95. The lowest BCUT2D eigenvalue weighted by molar-refractivity contribution is 0.0927. The second-order valence-electron chi connectivity index (χ2n) is 4.95. The number of hydrogen-bond acceptors (Lipinski definition) is 5. The molecule has 3 rings (SSSR count). The minimum Gasteiger partial charge on any atom is -0.459 e. The molecule has 114 valence electrons. The largest absolute Gasteiger partial charge is 0.459 e. The van der Waals surface area contributed by atoms with Crippen molar-refractivity contribution in [1.29, 1.82) is 0 Å². The average Bonchev–Trinajstić information content (AvgIpc) is 3.20. The summed E-state index contributed by atoms with van der Waals surface area (Å²) in [6.07, 6.45) is 2.99.